The summed E-state index contributed by atoms with van der Waals surface area (Å²) in [5.41, 5.74) is 1.90. The molecule has 0 radical (unpaired) electrons. The van der Waals surface area contributed by atoms with Crippen molar-refractivity contribution in [3.8, 4) is 11.3 Å². The Hall–Kier alpha value is -3.06. The van der Waals surface area contributed by atoms with E-state index in [2.05, 4.69) is 44.6 Å². The summed E-state index contributed by atoms with van der Waals surface area (Å²) in [4.78, 5) is 20.4. The molecule has 0 unspecified atom stereocenters. The summed E-state index contributed by atoms with van der Waals surface area (Å²) >= 11 is 1.42. The first-order valence-electron chi connectivity index (χ1n) is 7.85. The third-order valence-electron chi connectivity index (χ3n) is 3.83. The lowest BCUT2D eigenvalue weighted by molar-refractivity contribution is -0.116. The average molecular weight is 349 g/mol. The molecule has 2 aromatic heterocycles. The number of hydrogen-bond acceptors (Lipinski definition) is 5. The molecule has 124 valence electrons. The maximum absolute atomic E-state index is 12.0. The fourth-order valence-electron chi connectivity index (χ4n) is 2.56. The third-order valence-corrected chi connectivity index (χ3v) is 4.59. The number of carbonyl (C=O) groups is 1. The van der Waals surface area contributed by atoms with Crippen molar-refractivity contribution in [2.45, 2.75) is 13.0 Å². The van der Waals surface area contributed by atoms with Crippen LogP contribution in [0.25, 0.3) is 22.0 Å². The van der Waals surface area contributed by atoms with Gasteiger partial charge in [-0.15, -0.1) is 11.3 Å². The van der Waals surface area contributed by atoms with Crippen LogP contribution in [-0.4, -0.2) is 25.7 Å². The van der Waals surface area contributed by atoms with E-state index in [1.807, 2.05) is 23.6 Å². The molecule has 2 aromatic carbocycles. The van der Waals surface area contributed by atoms with Crippen molar-refractivity contribution in [1.29, 1.82) is 0 Å². The highest BCUT2D eigenvalue weighted by Gasteiger charge is 2.09. The molecular weight excluding hydrogens is 334 g/mol. The summed E-state index contributed by atoms with van der Waals surface area (Å²) < 4.78 is 1.63. The fraction of sp³-hybridized carbons (Fsp3) is 0.111. The first-order chi connectivity index (χ1) is 12.3. The number of nitrogens with one attached hydrogen (secondary N) is 1. The van der Waals surface area contributed by atoms with Crippen LogP contribution in [0.1, 0.15) is 6.42 Å². The van der Waals surface area contributed by atoms with Gasteiger partial charge in [0.25, 0.3) is 0 Å². The van der Waals surface area contributed by atoms with E-state index in [1.165, 1.54) is 28.4 Å². The molecule has 0 bridgehead atoms. The Balaban J connectivity index is 1.44. The molecule has 0 aliphatic carbocycles. The van der Waals surface area contributed by atoms with Gasteiger partial charge in [-0.05, 0) is 16.8 Å². The minimum Gasteiger partial charge on any atom is -0.302 e. The molecule has 0 spiro atoms. The summed E-state index contributed by atoms with van der Waals surface area (Å²) in [7, 11) is 0. The zero-order chi connectivity index (χ0) is 17.1. The smallest absolute Gasteiger partial charge is 0.228 e. The summed E-state index contributed by atoms with van der Waals surface area (Å²) in [5.74, 6) is -0.0880. The van der Waals surface area contributed by atoms with Gasteiger partial charge in [0.2, 0.25) is 5.91 Å². The van der Waals surface area contributed by atoms with E-state index in [1.54, 1.807) is 11.0 Å². The van der Waals surface area contributed by atoms with Gasteiger partial charge in [0.05, 0.1) is 12.2 Å². The van der Waals surface area contributed by atoms with E-state index in [0.29, 0.717) is 18.1 Å². The van der Waals surface area contributed by atoms with Crippen LogP contribution < -0.4 is 5.32 Å². The summed E-state index contributed by atoms with van der Waals surface area (Å²) in [6, 6.07) is 14.5. The second-order valence-electron chi connectivity index (χ2n) is 5.56. The zero-order valence-corrected chi connectivity index (χ0v) is 14.1. The second-order valence-corrected chi connectivity index (χ2v) is 6.41. The molecule has 0 aliphatic rings. The van der Waals surface area contributed by atoms with Crippen molar-refractivity contribution < 1.29 is 4.79 Å². The molecule has 2 heterocycles. The lowest BCUT2D eigenvalue weighted by atomic mass is 10.1. The van der Waals surface area contributed by atoms with E-state index in [4.69, 9.17) is 0 Å². The average Bonchev–Trinajstić information content (AvgIpc) is 3.31. The standard InChI is InChI=1S/C18H15N5OS/c24-17(7-8-23-12-19-11-20-23)22-18-21-16(10-25-18)15-6-5-13-3-1-2-4-14(13)9-15/h1-6,9-12H,7-8H2,(H,21,22,24). The van der Waals surface area contributed by atoms with Crippen LogP contribution in [0.2, 0.25) is 0 Å². The minimum atomic E-state index is -0.0880. The molecule has 0 saturated heterocycles. The molecule has 6 nitrogen and oxygen atoms in total. The molecule has 0 fully saturated rings. The zero-order valence-electron chi connectivity index (χ0n) is 13.3. The van der Waals surface area contributed by atoms with Gasteiger partial charge >= 0.3 is 0 Å². The third kappa shape index (κ3) is 3.56. The van der Waals surface area contributed by atoms with Gasteiger partial charge in [0, 0.05) is 17.4 Å². The van der Waals surface area contributed by atoms with Crippen molar-refractivity contribution >= 4 is 33.1 Å². The van der Waals surface area contributed by atoms with Crippen LogP contribution in [0.4, 0.5) is 5.13 Å². The largest absolute Gasteiger partial charge is 0.302 e. The highest BCUT2D eigenvalue weighted by atomic mass is 32.1. The Labute approximate surface area is 148 Å². The number of hydrogen-bond donors (Lipinski definition) is 1. The molecular formula is C18H15N5OS. The summed E-state index contributed by atoms with van der Waals surface area (Å²) in [6.07, 6.45) is 3.37. The predicted octanol–water partition coefficient (Wildman–Crippen LogP) is 3.58. The minimum absolute atomic E-state index is 0.0880. The Morgan fingerprint density at radius 3 is 2.88 bits per heavy atom. The Morgan fingerprint density at radius 1 is 1.16 bits per heavy atom. The first kappa shape index (κ1) is 15.5. The van der Waals surface area contributed by atoms with E-state index < -0.39 is 0 Å². The van der Waals surface area contributed by atoms with E-state index >= 15 is 0 Å². The van der Waals surface area contributed by atoms with Crippen molar-refractivity contribution in [2.24, 2.45) is 0 Å². The number of nitrogens with zero attached hydrogens (tertiary/aromatic N) is 4. The van der Waals surface area contributed by atoms with Gasteiger partial charge in [-0.3, -0.25) is 9.48 Å². The number of benzene rings is 2. The molecule has 1 amide bonds. The van der Waals surface area contributed by atoms with Crippen LogP contribution in [-0.2, 0) is 11.3 Å². The van der Waals surface area contributed by atoms with Crippen LogP contribution in [0.15, 0.2) is 60.5 Å². The molecule has 4 aromatic rings. The molecule has 4 rings (SSSR count). The number of rotatable bonds is 5. The Bertz CT molecular complexity index is 1010. The van der Waals surface area contributed by atoms with Gasteiger partial charge in [-0.25, -0.2) is 9.97 Å². The van der Waals surface area contributed by atoms with Crippen LogP contribution in [0.3, 0.4) is 0 Å². The topological polar surface area (TPSA) is 72.7 Å². The van der Waals surface area contributed by atoms with Crippen molar-refractivity contribution in [3.05, 3.63) is 60.5 Å². The lowest BCUT2D eigenvalue weighted by Gasteiger charge is -2.02. The number of aryl methyl sites for hydroxylation is 1. The van der Waals surface area contributed by atoms with E-state index in [0.717, 1.165) is 11.3 Å². The van der Waals surface area contributed by atoms with Gasteiger partial charge in [-0.2, -0.15) is 5.10 Å². The number of carbonyl (C=O) groups excluding carboxylic acids is 1. The monoisotopic (exact) mass is 349 g/mol. The van der Waals surface area contributed by atoms with Gasteiger partial charge in [0.15, 0.2) is 5.13 Å². The Kier molecular flexibility index (Phi) is 4.22. The normalized spacial score (nSPS) is 10.9. The summed E-state index contributed by atoms with van der Waals surface area (Å²) in [6.45, 7) is 0.495. The van der Waals surface area contributed by atoms with Gasteiger partial charge < -0.3 is 5.32 Å². The summed E-state index contributed by atoms with van der Waals surface area (Å²) in [5, 5.41) is 11.7. The molecule has 0 aliphatic heterocycles. The molecule has 25 heavy (non-hydrogen) atoms. The molecule has 7 heteroatoms. The van der Waals surface area contributed by atoms with Crippen LogP contribution >= 0.6 is 11.3 Å². The highest BCUT2D eigenvalue weighted by molar-refractivity contribution is 7.14. The first-order valence-corrected chi connectivity index (χ1v) is 8.73. The Morgan fingerprint density at radius 2 is 2.04 bits per heavy atom. The quantitative estimate of drug-likeness (QED) is 0.598. The number of thiazole rings is 1. The van der Waals surface area contributed by atoms with Crippen LogP contribution in [0, 0.1) is 0 Å². The molecule has 0 atom stereocenters. The second kappa shape index (κ2) is 6.82. The molecule has 0 saturated carbocycles. The predicted molar refractivity (Wildman–Crippen MR) is 98.3 cm³/mol. The fourth-order valence-corrected chi connectivity index (χ4v) is 3.29. The van der Waals surface area contributed by atoms with Crippen molar-refractivity contribution in [2.75, 3.05) is 5.32 Å². The number of amides is 1. The highest BCUT2D eigenvalue weighted by Crippen LogP contribution is 2.27. The maximum Gasteiger partial charge on any atom is 0.228 e. The van der Waals surface area contributed by atoms with Gasteiger partial charge in [0.1, 0.15) is 12.7 Å². The lowest BCUT2D eigenvalue weighted by Crippen LogP contribution is -2.14. The maximum atomic E-state index is 12.0. The van der Waals surface area contributed by atoms with Crippen molar-refractivity contribution in [1.82, 2.24) is 19.7 Å². The van der Waals surface area contributed by atoms with Crippen LogP contribution in [0.5, 0.6) is 0 Å². The van der Waals surface area contributed by atoms with Crippen molar-refractivity contribution in [3.63, 3.8) is 0 Å². The van der Waals surface area contributed by atoms with E-state index in [9.17, 15) is 4.79 Å². The number of aromatic nitrogens is 4. The molecule has 1 N–H and O–H groups in total. The number of fused-ring (bicyclic) bond motifs is 1. The van der Waals surface area contributed by atoms with Gasteiger partial charge in [-0.1, -0.05) is 36.4 Å². The van der Waals surface area contributed by atoms with E-state index in [-0.39, 0.29) is 5.91 Å². The SMILES string of the molecule is O=C(CCn1cncn1)Nc1nc(-c2ccc3ccccc3c2)cs1. The number of anilines is 1.